The van der Waals surface area contributed by atoms with E-state index in [2.05, 4.69) is 25.2 Å². The van der Waals surface area contributed by atoms with Crippen LogP contribution in [0.5, 0.6) is 0 Å². The van der Waals surface area contributed by atoms with Gasteiger partial charge in [-0.3, -0.25) is 9.69 Å². The highest BCUT2D eigenvalue weighted by Crippen LogP contribution is 2.49. The van der Waals surface area contributed by atoms with Crippen LogP contribution in [0.4, 0.5) is 19.1 Å². The molecule has 7 rings (SSSR count). The lowest BCUT2D eigenvalue weighted by molar-refractivity contribution is -0.137. The molecule has 3 aromatic rings. The maximum atomic E-state index is 14.2. The highest BCUT2D eigenvalue weighted by molar-refractivity contribution is 7.70. The molecular weight excluding hydrogens is 540 g/mol. The van der Waals surface area contributed by atoms with E-state index in [0.717, 1.165) is 57.8 Å². The molecule has 1 unspecified atom stereocenters. The Balaban J connectivity index is 1.52. The van der Waals surface area contributed by atoms with Gasteiger partial charge in [-0.2, -0.15) is 13.2 Å². The molecule has 5 heterocycles. The molecule has 0 radical (unpaired) electrons. The van der Waals surface area contributed by atoms with Crippen LogP contribution in [0.1, 0.15) is 54.4 Å². The Bertz CT molecular complexity index is 1530. The summed E-state index contributed by atoms with van der Waals surface area (Å²) in [6.07, 6.45) is 3.61. The number of piperidine rings is 1. The second-order valence-corrected chi connectivity index (χ2v) is 15.0. The van der Waals surface area contributed by atoms with Gasteiger partial charge >= 0.3 is 6.18 Å². The van der Waals surface area contributed by atoms with Crippen molar-refractivity contribution in [2.45, 2.75) is 56.3 Å². The molecule has 3 aliphatic heterocycles. The molecule has 1 saturated carbocycles. The van der Waals surface area contributed by atoms with Gasteiger partial charge in [0.1, 0.15) is 12.7 Å². The number of fused-ring (bicyclic) bond motifs is 6. The number of rotatable bonds is 1. The minimum atomic E-state index is -4.68. The smallest absolute Gasteiger partial charge is 0.360 e. The Morgan fingerprint density at radius 2 is 1.85 bits per heavy atom. The molecule has 1 amide bonds. The summed E-state index contributed by atoms with van der Waals surface area (Å²) in [5, 5.41) is 4.09. The Labute approximate surface area is 231 Å². The van der Waals surface area contributed by atoms with Gasteiger partial charge in [-0.1, -0.05) is 6.07 Å². The van der Waals surface area contributed by atoms with Crippen LogP contribution in [0, 0.1) is 0 Å². The van der Waals surface area contributed by atoms with Crippen molar-refractivity contribution >= 4 is 35.2 Å². The minimum absolute atomic E-state index is 0.0159. The monoisotopic (exact) mass is 574 g/mol. The average molecular weight is 575 g/mol. The SMILES string of the molecule is CN1CCCCN2C[C@H](CCC23CC3)Nc2ncc(C(F)(F)F)c(n2)-c2c[nH]c3c(P(C)(C)=O)c(ccc23)C1=O. The molecule has 1 saturated heterocycles. The van der Waals surface area contributed by atoms with Crippen LogP contribution in [0.3, 0.4) is 0 Å². The minimum Gasteiger partial charge on any atom is -0.360 e. The lowest BCUT2D eigenvalue weighted by Crippen LogP contribution is -2.50. The van der Waals surface area contributed by atoms with Crippen molar-refractivity contribution in [2.24, 2.45) is 0 Å². The van der Waals surface area contributed by atoms with Gasteiger partial charge in [-0.05, 0) is 64.5 Å². The predicted molar refractivity (Wildman–Crippen MR) is 150 cm³/mol. The quantitative estimate of drug-likeness (QED) is 0.390. The van der Waals surface area contributed by atoms with E-state index in [0.29, 0.717) is 28.3 Å². The number of carbonyl (C=O) groups is 1. The molecule has 40 heavy (non-hydrogen) atoms. The molecular formula is C28H34F3N6O2P. The Morgan fingerprint density at radius 3 is 2.55 bits per heavy atom. The van der Waals surface area contributed by atoms with E-state index in [1.165, 1.54) is 6.20 Å². The van der Waals surface area contributed by atoms with Crippen LogP contribution in [-0.2, 0) is 10.7 Å². The van der Waals surface area contributed by atoms with Crippen LogP contribution in [0.15, 0.2) is 24.5 Å². The summed E-state index contributed by atoms with van der Waals surface area (Å²) < 4.78 is 56.1. The maximum absolute atomic E-state index is 14.2. The van der Waals surface area contributed by atoms with Crippen molar-refractivity contribution in [2.75, 3.05) is 45.3 Å². The number of aromatic amines is 1. The number of anilines is 1. The van der Waals surface area contributed by atoms with E-state index in [9.17, 15) is 22.5 Å². The first kappa shape index (κ1) is 27.3. The molecule has 2 atom stereocenters. The molecule has 8 nitrogen and oxygen atoms in total. The van der Waals surface area contributed by atoms with Crippen LogP contribution in [0.2, 0.25) is 0 Å². The van der Waals surface area contributed by atoms with Crippen molar-refractivity contribution in [3.63, 3.8) is 0 Å². The van der Waals surface area contributed by atoms with E-state index >= 15 is 0 Å². The summed E-state index contributed by atoms with van der Waals surface area (Å²) in [5.41, 5.74) is -0.0695. The van der Waals surface area contributed by atoms with Crippen LogP contribution in [-0.4, -0.2) is 82.3 Å². The Morgan fingerprint density at radius 1 is 1.10 bits per heavy atom. The van der Waals surface area contributed by atoms with Crippen molar-refractivity contribution < 1.29 is 22.5 Å². The van der Waals surface area contributed by atoms with Gasteiger partial charge in [-0.25, -0.2) is 9.97 Å². The number of H-pyrrole nitrogens is 1. The summed E-state index contributed by atoms with van der Waals surface area (Å²) in [6, 6.07) is 3.22. The zero-order valence-electron chi connectivity index (χ0n) is 22.9. The predicted octanol–water partition coefficient (Wildman–Crippen LogP) is 5.17. The normalized spacial score (nSPS) is 23.4. The number of nitrogens with zero attached hydrogens (tertiary/aromatic N) is 4. The van der Waals surface area contributed by atoms with E-state index in [1.54, 1.807) is 37.4 Å². The second kappa shape index (κ2) is 9.58. The van der Waals surface area contributed by atoms with Gasteiger partial charge in [0.25, 0.3) is 5.91 Å². The number of hydrogen-bond donors (Lipinski definition) is 2. The van der Waals surface area contributed by atoms with Crippen LogP contribution in [0.25, 0.3) is 22.2 Å². The van der Waals surface area contributed by atoms with Gasteiger partial charge in [0.15, 0.2) is 0 Å². The highest BCUT2D eigenvalue weighted by atomic mass is 31.2. The Hall–Kier alpha value is -2.91. The van der Waals surface area contributed by atoms with Gasteiger partial charge in [-0.15, -0.1) is 0 Å². The van der Waals surface area contributed by atoms with Crippen LogP contribution < -0.4 is 10.6 Å². The number of benzene rings is 1. The van der Waals surface area contributed by atoms with Crippen molar-refractivity contribution in [1.82, 2.24) is 24.8 Å². The summed E-state index contributed by atoms with van der Waals surface area (Å²) in [6.45, 7) is 5.36. The number of hydrogen-bond acceptors (Lipinski definition) is 6. The number of amides is 1. The Kier molecular flexibility index (Phi) is 6.53. The molecule has 2 fully saturated rings. The van der Waals surface area contributed by atoms with Gasteiger partial charge in [0.05, 0.1) is 16.8 Å². The number of nitrogens with one attached hydrogen (secondary N) is 2. The van der Waals surface area contributed by atoms with Gasteiger partial charge in [0.2, 0.25) is 5.95 Å². The number of alkyl halides is 3. The highest BCUT2D eigenvalue weighted by Gasteiger charge is 2.50. The third kappa shape index (κ3) is 4.81. The summed E-state index contributed by atoms with van der Waals surface area (Å²) in [5.74, 6) is -0.0974. The standard InChI is InChI=1S/C28H34F3N6O2P/c1-36-12-4-5-13-37-16-17(8-9-27(37)10-11-27)34-26-33-15-21(28(29,30)31)22(35-26)20-14-32-23-18(20)6-7-19(25(36)38)24(23)40(2,3)39/h6-7,14-15,17,32H,4-5,8-13,16H2,1-3H3,(H,33,34,35)/t17-/m0/s1. The topological polar surface area (TPSA) is 94.2 Å². The number of aromatic nitrogens is 3. The zero-order valence-corrected chi connectivity index (χ0v) is 23.8. The fraction of sp³-hybridized carbons (Fsp3) is 0.536. The third-order valence-corrected chi connectivity index (χ3v) is 10.2. The number of carbonyl (C=O) groups excluding carboxylic acids is 1. The first-order chi connectivity index (χ1) is 18.9. The van der Waals surface area contributed by atoms with Crippen LogP contribution >= 0.6 is 7.14 Å². The summed E-state index contributed by atoms with van der Waals surface area (Å²) in [7, 11) is -1.29. The molecule has 12 heteroatoms. The van der Waals surface area contributed by atoms with E-state index < -0.39 is 18.9 Å². The average Bonchev–Trinajstić information content (AvgIpc) is 3.53. The lowest BCUT2D eigenvalue weighted by Gasteiger charge is -2.40. The molecule has 1 aliphatic carbocycles. The summed E-state index contributed by atoms with van der Waals surface area (Å²) >= 11 is 0. The maximum Gasteiger partial charge on any atom is 0.419 e. The van der Waals surface area contributed by atoms with Crippen molar-refractivity contribution in [3.05, 3.63) is 35.7 Å². The number of halogens is 3. The molecule has 2 N–H and O–H groups in total. The lowest BCUT2D eigenvalue weighted by atomic mass is 9.95. The molecule has 4 aliphatic rings. The first-order valence-electron chi connectivity index (χ1n) is 13.8. The zero-order chi connectivity index (χ0) is 28.4. The fourth-order valence-corrected chi connectivity index (χ4v) is 7.90. The molecule has 8 bridgehead atoms. The van der Waals surface area contributed by atoms with Gasteiger partial charge < -0.3 is 19.8 Å². The van der Waals surface area contributed by atoms with Crippen molar-refractivity contribution in [3.8, 4) is 11.3 Å². The first-order valence-corrected chi connectivity index (χ1v) is 16.4. The molecule has 214 valence electrons. The summed E-state index contributed by atoms with van der Waals surface area (Å²) in [4.78, 5) is 29.3. The van der Waals surface area contributed by atoms with E-state index in [4.69, 9.17) is 0 Å². The fourth-order valence-electron chi connectivity index (χ4n) is 6.43. The molecule has 2 aromatic heterocycles. The van der Waals surface area contributed by atoms with E-state index in [-0.39, 0.29) is 34.7 Å². The third-order valence-electron chi connectivity index (χ3n) is 8.70. The largest absolute Gasteiger partial charge is 0.419 e. The molecule has 1 spiro atoms. The van der Waals surface area contributed by atoms with Gasteiger partial charge in [0, 0.05) is 60.4 Å². The van der Waals surface area contributed by atoms with E-state index in [1.807, 2.05) is 0 Å². The molecule has 1 aromatic carbocycles. The van der Waals surface area contributed by atoms with Crippen molar-refractivity contribution in [1.29, 1.82) is 0 Å². The second-order valence-electron chi connectivity index (χ2n) is 11.9.